The van der Waals surface area contributed by atoms with Gasteiger partial charge in [-0.1, -0.05) is 31.5 Å². The van der Waals surface area contributed by atoms with Gasteiger partial charge in [-0.3, -0.25) is 9.59 Å². The van der Waals surface area contributed by atoms with E-state index >= 15 is 0 Å². The molecule has 21 heavy (non-hydrogen) atoms. The minimum atomic E-state index is -0.620. The number of nitrogens with two attached hydrogens (primary N) is 1. The minimum absolute atomic E-state index is 0. The maximum atomic E-state index is 11.7. The Hall–Kier alpha value is -1.30. The Kier molecular flexibility index (Phi) is 8.32. The van der Waals surface area contributed by atoms with E-state index in [1.165, 1.54) is 0 Å². The number of halogens is 2. The number of nitrogens with one attached hydrogen (secondary N) is 2. The normalized spacial score (nSPS) is 11.5. The predicted molar refractivity (Wildman–Crippen MR) is 87.9 cm³/mol. The van der Waals surface area contributed by atoms with Crippen molar-refractivity contribution in [2.75, 3.05) is 11.9 Å². The molecule has 0 fully saturated rings. The van der Waals surface area contributed by atoms with Gasteiger partial charge in [0.25, 0.3) is 0 Å². The molecule has 0 spiro atoms. The Morgan fingerprint density at radius 2 is 1.95 bits per heavy atom. The van der Waals surface area contributed by atoms with Gasteiger partial charge in [0, 0.05) is 0 Å². The molecule has 5 nitrogen and oxygen atoms in total. The number of benzene rings is 1. The topological polar surface area (TPSA) is 84.2 Å². The van der Waals surface area contributed by atoms with Crippen molar-refractivity contribution in [3.05, 3.63) is 28.8 Å². The number of amides is 2. The number of anilines is 1. The van der Waals surface area contributed by atoms with Crippen LogP contribution in [0.1, 0.15) is 19.4 Å². The first-order valence-corrected chi connectivity index (χ1v) is 6.78. The highest BCUT2D eigenvalue weighted by Gasteiger charge is 2.17. The summed E-state index contributed by atoms with van der Waals surface area (Å²) in [6.07, 6.45) is 0. The first-order chi connectivity index (χ1) is 9.31. The van der Waals surface area contributed by atoms with Crippen LogP contribution < -0.4 is 16.4 Å². The van der Waals surface area contributed by atoms with Gasteiger partial charge in [-0.2, -0.15) is 0 Å². The SMILES string of the molecule is Cc1ccc(Cl)c(NC(=O)CNC(=O)[C@@H](N)C(C)C)c1.Cl. The second kappa shape index (κ2) is 8.87. The minimum Gasteiger partial charge on any atom is -0.346 e. The first kappa shape index (κ1) is 19.7. The zero-order chi connectivity index (χ0) is 15.3. The van der Waals surface area contributed by atoms with E-state index in [0.29, 0.717) is 10.7 Å². The molecular formula is C14H21Cl2N3O2. The molecule has 118 valence electrons. The maximum absolute atomic E-state index is 11.7. The van der Waals surface area contributed by atoms with Crippen molar-refractivity contribution in [1.29, 1.82) is 0 Å². The molecule has 0 aliphatic rings. The van der Waals surface area contributed by atoms with E-state index in [2.05, 4.69) is 10.6 Å². The molecule has 0 radical (unpaired) electrons. The third kappa shape index (κ3) is 6.33. The molecule has 0 unspecified atom stereocenters. The van der Waals surface area contributed by atoms with E-state index in [1.807, 2.05) is 26.8 Å². The van der Waals surface area contributed by atoms with E-state index in [4.69, 9.17) is 17.3 Å². The fourth-order valence-corrected chi connectivity index (χ4v) is 1.68. The average Bonchev–Trinajstić information content (AvgIpc) is 2.39. The van der Waals surface area contributed by atoms with Gasteiger partial charge in [-0.15, -0.1) is 12.4 Å². The summed E-state index contributed by atoms with van der Waals surface area (Å²) in [5.41, 5.74) is 7.19. The van der Waals surface area contributed by atoms with Gasteiger partial charge in [-0.05, 0) is 30.5 Å². The van der Waals surface area contributed by atoms with Crippen molar-refractivity contribution in [2.45, 2.75) is 26.8 Å². The van der Waals surface area contributed by atoms with Crippen LogP contribution in [0, 0.1) is 12.8 Å². The van der Waals surface area contributed by atoms with Crippen LogP contribution in [0.2, 0.25) is 5.02 Å². The van der Waals surface area contributed by atoms with Crippen molar-refractivity contribution in [2.24, 2.45) is 11.7 Å². The fourth-order valence-electron chi connectivity index (χ4n) is 1.52. The third-order valence-electron chi connectivity index (χ3n) is 2.84. The Balaban J connectivity index is 0.00000400. The lowest BCUT2D eigenvalue weighted by molar-refractivity contribution is -0.125. The van der Waals surface area contributed by atoms with Gasteiger partial charge in [0.05, 0.1) is 23.3 Å². The number of hydrogen-bond donors (Lipinski definition) is 3. The highest BCUT2D eigenvalue weighted by atomic mass is 35.5. The standard InChI is InChI=1S/C14H20ClN3O2.ClH/c1-8(2)13(16)14(20)17-7-12(19)18-11-6-9(3)4-5-10(11)15;/h4-6,8,13H,7,16H2,1-3H3,(H,17,20)(H,18,19);1H/t13-;/m0./s1. The average molecular weight is 334 g/mol. The van der Waals surface area contributed by atoms with Gasteiger partial charge in [0.1, 0.15) is 0 Å². The Morgan fingerprint density at radius 1 is 1.33 bits per heavy atom. The Morgan fingerprint density at radius 3 is 2.52 bits per heavy atom. The molecule has 1 rings (SSSR count). The first-order valence-electron chi connectivity index (χ1n) is 6.40. The molecular weight excluding hydrogens is 313 g/mol. The van der Waals surface area contributed by atoms with Crippen molar-refractivity contribution >= 4 is 41.5 Å². The van der Waals surface area contributed by atoms with Crippen LogP contribution in [0.25, 0.3) is 0 Å². The Labute approximate surface area is 136 Å². The van der Waals surface area contributed by atoms with E-state index in [1.54, 1.807) is 12.1 Å². The van der Waals surface area contributed by atoms with Gasteiger partial charge >= 0.3 is 0 Å². The van der Waals surface area contributed by atoms with Crippen LogP contribution in [0.4, 0.5) is 5.69 Å². The molecule has 1 aromatic carbocycles. The van der Waals surface area contributed by atoms with Crippen LogP contribution in [0.3, 0.4) is 0 Å². The molecule has 0 aliphatic heterocycles. The van der Waals surface area contributed by atoms with E-state index < -0.39 is 6.04 Å². The lowest BCUT2D eigenvalue weighted by Gasteiger charge is -2.15. The summed E-state index contributed by atoms with van der Waals surface area (Å²) in [5, 5.41) is 5.60. The second-order valence-electron chi connectivity index (χ2n) is 5.02. The molecule has 1 atom stereocenters. The number of carbonyl (C=O) groups excluding carboxylic acids is 2. The summed E-state index contributed by atoms with van der Waals surface area (Å²) >= 11 is 5.97. The molecule has 7 heteroatoms. The molecule has 2 amide bonds. The second-order valence-corrected chi connectivity index (χ2v) is 5.43. The quantitative estimate of drug-likeness (QED) is 0.771. The zero-order valence-corrected chi connectivity index (χ0v) is 13.8. The summed E-state index contributed by atoms with van der Waals surface area (Å²) in [6, 6.07) is 4.70. The Bertz CT molecular complexity index is 507. The number of rotatable bonds is 5. The zero-order valence-electron chi connectivity index (χ0n) is 12.3. The smallest absolute Gasteiger partial charge is 0.243 e. The van der Waals surface area contributed by atoms with Gasteiger partial charge in [0.2, 0.25) is 11.8 Å². The van der Waals surface area contributed by atoms with Crippen LogP contribution >= 0.6 is 24.0 Å². The molecule has 0 heterocycles. The van der Waals surface area contributed by atoms with E-state index in [9.17, 15) is 9.59 Å². The summed E-state index contributed by atoms with van der Waals surface area (Å²) < 4.78 is 0. The molecule has 1 aromatic rings. The van der Waals surface area contributed by atoms with Gasteiger partial charge < -0.3 is 16.4 Å². The van der Waals surface area contributed by atoms with Gasteiger partial charge in [-0.25, -0.2) is 0 Å². The molecule has 0 aliphatic carbocycles. The maximum Gasteiger partial charge on any atom is 0.243 e. The van der Waals surface area contributed by atoms with E-state index in [-0.39, 0.29) is 36.7 Å². The third-order valence-corrected chi connectivity index (χ3v) is 3.17. The van der Waals surface area contributed by atoms with Crippen molar-refractivity contribution in [1.82, 2.24) is 5.32 Å². The van der Waals surface area contributed by atoms with Crippen LogP contribution in [0.5, 0.6) is 0 Å². The monoisotopic (exact) mass is 333 g/mol. The molecule has 0 saturated heterocycles. The lowest BCUT2D eigenvalue weighted by Crippen LogP contribution is -2.46. The highest BCUT2D eigenvalue weighted by molar-refractivity contribution is 6.33. The molecule has 0 saturated carbocycles. The summed E-state index contributed by atoms with van der Waals surface area (Å²) in [4.78, 5) is 23.4. The predicted octanol–water partition coefficient (Wildman–Crippen LogP) is 2.11. The van der Waals surface area contributed by atoms with Crippen LogP contribution in [-0.2, 0) is 9.59 Å². The summed E-state index contributed by atoms with van der Waals surface area (Å²) in [6.45, 7) is 5.45. The van der Waals surface area contributed by atoms with Crippen molar-refractivity contribution < 1.29 is 9.59 Å². The molecule has 4 N–H and O–H groups in total. The van der Waals surface area contributed by atoms with Crippen molar-refractivity contribution in [3.8, 4) is 0 Å². The van der Waals surface area contributed by atoms with Gasteiger partial charge in [0.15, 0.2) is 0 Å². The molecule has 0 bridgehead atoms. The van der Waals surface area contributed by atoms with E-state index in [0.717, 1.165) is 5.56 Å². The van der Waals surface area contributed by atoms with Crippen molar-refractivity contribution in [3.63, 3.8) is 0 Å². The number of hydrogen-bond acceptors (Lipinski definition) is 3. The highest BCUT2D eigenvalue weighted by Crippen LogP contribution is 2.22. The molecule has 0 aromatic heterocycles. The largest absolute Gasteiger partial charge is 0.346 e. The lowest BCUT2D eigenvalue weighted by atomic mass is 10.1. The number of aryl methyl sites for hydroxylation is 1. The van der Waals surface area contributed by atoms with Crippen LogP contribution in [-0.4, -0.2) is 24.4 Å². The fraction of sp³-hybridized carbons (Fsp3) is 0.429. The summed E-state index contributed by atoms with van der Waals surface area (Å²) in [5.74, 6) is -0.670. The summed E-state index contributed by atoms with van der Waals surface area (Å²) in [7, 11) is 0. The number of carbonyl (C=O) groups is 2. The van der Waals surface area contributed by atoms with Crippen LogP contribution in [0.15, 0.2) is 18.2 Å².